The Morgan fingerprint density at radius 3 is 1.71 bits per heavy atom. The van der Waals surface area contributed by atoms with E-state index in [0.717, 1.165) is 49.5 Å². The molecular formula is C32H19N9. The summed E-state index contributed by atoms with van der Waals surface area (Å²) in [6, 6.07) is 28.1. The minimum absolute atomic E-state index is 0.466. The number of H-pyrrole nitrogens is 1. The second kappa shape index (κ2) is 8.09. The molecule has 1 N–H and O–H groups in total. The van der Waals surface area contributed by atoms with Crippen LogP contribution in [0.5, 0.6) is 0 Å². The molecule has 6 heterocycles. The summed E-state index contributed by atoms with van der Waals surface area (Å²) in [6.07, 6.45) is 1.74. The minimum Gasteiger partial charge on any atom is -0.324 e. The van der Waals surface area contributed by atoms with Crippen LogP contribution in [0.1, 0.15) is 0 Å². The molecule has 0 unspecified atom stereocenters. The van der Waals surface area contributed by atoms with Gasteiger partial charge in [0, 0.05) is 51.5 Å². The largest absolute Gasteiger partial charge is 0.324 e. The number of hydrogen-bond donors (Lipinski definition) is 1. The second-order valence-electron chi connectivity index (χ2n) is 10.0. The van der Waals surface area contributed by atoms with Crippen LogP contribution in [0.2, 0.25) is 0 Å². The first-order chi connectivity index (χ1) is 20.2. The van der Waals surface area contributed by atoms with Crippen LogP contribution in [-0.4, -0.2) is 44.4 Å². The van der Waals surface area contributed by atoms with Crippen molar-refractivity contribution in [2.45, 2.75) is 0 Å². The van der Waals surface area contributed by atoms with E-state index in [1.165, 1.54) is 0 Å². The molecule has 0 saturated carbocycles. The molecule has 4 aromatic heterocycles. The Morgan fingerprint density at radius 2 is 1.00 bits per heavy atom. The molecule has 0 aliphatic carbocycles. The van der Waals surface area contributed by atoms with Crippen LogP contribution in [0.15, 0.2) is 91.1 Å². The fraction of sp³-hybridized carbons (Fsp3) is 0.0312. The van der Waals surface area contributed by atoms with E-state index in [0.29, 0.717) is 40.3 Å². The molecule has 0 atom stereocenters. The highest BCUT2D eigenvalue weighted by atomic mass is 15.1. The van der Waals surface area contributed by atoms with Gasteiger partial charge in [0.1, 0.15) is 28.3 Å². The predicted molar refractivity (Wildman–Crippen MR) is 158 cm³/mol. The number of pyridine rings is 1. The lowest BCUT2D eigenvalue weighted by Gasteiger charge is -1.98. The molecule has 7 aromatic rings. The first-order valence-corrected chi connectivity index (χ1v) is 13.2. The van der Waals surface area contributed by atoms with Gasteiger partial charge in [0.25, 0.3) is 0 Å². The first kappa shape index (κ1) is 22.0. The van der Waals surface area contributed by atoms with Crippen LogP contribution in [0.25, 0.3) is 89.8 Å². The van der Waals surface area contributed by atoms with E-state index in [9.17, 15) is 0 Å². The van der Waals surface area contributed by atoms with Crippen molar-refractivity contribution in [1.29, 1.82) is 0 Å². The van der Waals surface area contributed by atoms with Gasteiger partial charge in [0.05, 0.1) is 0 Å². The molecule has 9 heteroatoms. The van der Waals surface area contributed by atoms with Crippen LogP contribution in [0.4, 0.5) is 0 Å². The molecule has 2 aliphatic rings. The summed E-state index contributed by atoms with van der Waals surface area (Å²) >= 11 is 0. The van der Waals surface area contributed by atoms with Gasteiger partial charge in [0.15, 0.2) is 23.3 Å². The smallest absolute Gasteiger partial charge is 0.183 e. The predicted octanol–water partition coefficient (Wildman–Crippen LogP) is 6.27. The van der Waals surface area contributed by atoms with E-state index in [1.807, 2.05) is 84.4 Å². The van der Waals surface area contributed by atoms with Gasteiger partial charge in [-0.25, -0.2) is 29.9 Å². The number of aromatic amines is 1. The number of rotatable bonds is 0. The second-order valence-corrected chi connectivity index (χ2v) is 10.0. The average molecular weight is 530 g/mol. The van der Waals surface area contributed by atoms with Crippen molar-refractivity contribution in [2.24, 2.45) is 7.05 Å². The van der Waals surface area contributed by atoms with E-state index in [1.54, 1.807) is 6.20 Å². The molecule has 9 nitrogen and oxygen atoms in total. The number of aryl methyl sites for hydroxylation is 1. The third-order valence-corrected chi connectivity index (χ3v) is 7.67. The van der Waals surface area contributed by atoms with Crippen molar-refractivity contribution in [3.63, 3.8) is 0 Å². The third-order valence-electron chi connectivity index (χ3n) is 7.67. The van der Waals surface area contributed by atoms with Gasteiger partial charge in [-0.3, -0.25) is 4.98 Å². The Balaban J connectivity index is 1.53. The molecule has 0 fully saturated rings. The maximum absolute atomic E-state index is 5.17. The Morgan fingerprint density at radius 1 is 0.488 bits per heavy atom. The maximum Gasteiger partial charge on any atom is 0.183 e. The fourth-order valence-electron chi connectivity index (χ4n) is 5.74. The van der Waals surface area contributed by atoms with Crippen LogP contribution in [0, 0.1) is 0 Å². The highest BCUT2D eigenvalue weighted by Gasteiger charge is 2.24. The summed E-state index contributed by atoms with van der Waals surface area (Å²) in [4.78, 5) is 38.1. The molecule has 41 heavy (non-hydrogen) atoms. The van der Waals surface area contributed by atoms with Crippen LogP contribution < -0.4 is 0 Å². The van der Waals surface area contributed by atoms with Crippen molar-refractivity contribution in [1.82, 2.24) is 44.4 Å². The zero-order valence-corrected chi connectivity index (χ0v) is 21.7. The van der Waals surface area contributed by atoms with Crippen molar-refractivity contribution in [2.75, 3.05) is 0 Å². The monoisotopic (exact) mass is 529 g/mol. The van der Waals surface area contributed by atoms with Crippen molar-refractivity contribution in [3.8, 4) is 45.7 Å². The summed E-state index contributed by atoms with van der Waals surface area (Å²) in [5, 5.41) is 3.90. The Kier molecular flexibility index (Phi) is 4.35. The number of fused-ring (bicyclic) bond motifs is 20. The Bertz CT molecular complexity index is 2400. The SMILES string of the molecule is Cn1c2nc3nc(nc4nc(nc5[nH]c(nc1c1ccccc12)c1ccccc51)-c1cccnc1-4)-c1ccccc1-3. The molecule has 2 aliphatic heterocycles. The van der Waals surface area contributed by atoms with Gasteiger partial charge in [-0.2, -0.15) is 0 Å². The topological polar surface area (TPSA) is 111 Å². The molecule has 0 spiro atoms. The van der Waals surface area contributed by atoms with E-state index >= 15 is 0 Å². The molecule has 0 radical (unpaired) electrons. The number of benzene rings is 3. The van der Waals surface area contributed by atoms with Gasteiger partial charge in [-0.05, 0) is 12.1 Å². The summed E-state index contributed by atoms with van der Waals surface area (Å²) < 4.78 is 2.02. The molecule has 0 saturated heterocycles. The molecule has 3 aromatic carbocycles. The number of hydrogen-bond acceptors (Lipinski definition) is 7. The lowest BCUT2D eigenvalue weighted by atomic mass is 10.1. The summed E-state index contributed by atoms with van der Waals surface area (Å²) in [5.74, 6) is 2.13. The molecular weight excluding hydrogens is 510 g/mol. The Hall–Kier alpha value is -5.83. The van der Waals surface area contributed by atoms with Crippen molar-refractivity contribution in [3.05, 3.63) is 91.1 Å². The van der Waals surface area contributed by atoms with Gasteiger partial charge < -0.3 is 9.55 Å². The number of nitrogens with zero attached hydrogens (tertiary/aromatic N) is 8. The quantitative estimate of drug-likeness (QED) is 0.246. The lowest BCUT2D eigenvalue weighted by molar-refractivity contribution is 0.970. The van der Waals surface area contributed by atoms with Crippen molar-refractivity contribution >= 4 is 44.1 Å². The van der Waals surface area contributed by atoms with Crippen molar-refractivity contribution < 1.29 is 0 Å². The zero-order valence-electron chi connectivity index (χ0n) is 21.7. The van der Waals surface area contributed by atoms with E-state index in [-0.39, 0.29) is 0 Å². The third kappa shape index (κ3) is 3.14. The zero-order chi connectivity index (χ0) is 27.1. The number of aromatic nitrogens is 9. The summed E-state index contributed by atoms with van der Waals surface area (Å²) in [7, 11) is 1.99. The number of nitrogens with one attached hydrogen (secondary N) is 1. The van der Waals surface area contributed by atoms with Gasteiger partial charge in [0.2, 0.25) is 0 Å². The fourth-order valence-corrected chi connectivity index (χ4v) is 5.74. The normalized spacial score (nSPS) is 12.0. The van der Waals surface area contributed by atoms with E-state index in [2.05, 4.69) is 22.1 Å². The Labute approximate surface area is 232 Å². The lowest BCUT2D eigenvalue weighted by Crippen LogP contribution is -1.92. The van der Waals surface area contributed by atoms with Gasteiger partial charge >= 0.3 is 0 Å². The van der Waals surface area contributed by atoms with Crippen LogP contribution >= 0.6 is 0 Å². The standard InChI is InChI=1S/C32H19N9/c1-41-31-21-13-6-7-14-22(21)32(41)40-28-20-12-5-3-10-18(20)26(35-28)37-30-24-23(15-8-16-33-24)29(38-30)36-25-17-9-2-4-11-19(17)27(34-25)39-31/h2-16H,1H3,(H,34,35,36,37,38,39,40). The maximum atomic E-state index is 5.17. The first-order valence-electron chi connectivity index (χ1n) is 13.2. The highest BCUT2D eigenvalue weighted by Crippen LogP contribution is 2.37. The molecule has 0 amide bonds. The minimum atomic E-state index is 0.466. The van der Waals surface area contributed by atoms with E-state index in [4.69, 9.17) is 29.9 Å². The average Bonchev–Trinajstić information content (AvgIpc) is 3.72. The van der Waals surface area contributed by atoms with E-state index < -0.39 is 0 Å². The summed E-state index contributed by atoms with van der Waals surface area (Å²) in [5.41, 5.74) is 6.21. The molecule has 8 bridgehead atoms. The molecule has 192 valence electrons. The van der Waals surface area contributed by atoms with Crippen LogP contribution in [0.3, 0.4) is 0 Å². The summed E-state index contributed by atoms with van der Waals surface area (Å²) in [6.45, 7) is 0. The highest BCUT2D eigenvalue weighted by molar-refractivity contribution is 6.08. The molecule has 9 rings (SSSR count). The van der Waals surface area contributed by atoms with Crippen LogP contribution in [-0.2, 0) is 7.05 Å². The van der Waals surface area contributed by atoms with Gasteiger partial charge in [-0.15, -0.1) is 0 Å². The van der Waals surface area contributed by atoms with Gasteiger partial charge in [-0.1, -0.05) is 72.8 Å².